The van der Waals surface area contributed by atoms with Crippen molar-refractivity contribution >= 4 is 21.7 Å². The lowest BCUT2D eigenvalue weighted by molar-refractivity contribution is 0.0970. The molecule has 0 radical (unpaired) electrons. The Morgan fingerprint density at radius 2 is 1.73 bits per heavy atom. The number of nitrogens with zero attached hydrogens (tertiary/aromatic N) is 3. The molecule has 0 saturated heterocycles. The molecule has 0 fully saturated rings. The van der Waals surface area contributed by atoms with E-state index in [1.165, 1.54) is 18.2 Å². The lowest BCUT2D eigenvalue weighted by Gasteiger charge is -2.16. The molecule has 2 heterocycles. The number of hydrogen-bond acceptors (Lipinski definition) is 6. The van der Waals surface area contributed by atoms with Crippen LogP contribution in [-0.4, -0.2) is 29.1 Å². The third kappa shape index (κ3) is 5.08. The summed E-state index contributed by atoms with van der Waals surface area (Å²) in [4.78, 5) is 17.1. The number of benzene rings is 1. The molecule has 0 saturated carbocycles. The first-order chi connectivity index (χ1) is 15.2. The second-order valence-corrected chi connectivity index (χ2v) is 11.1. The highest BCUT2D eigenvalue weighted by molar-refractivity contribution is 7.90. The van der Waals surface area contributed by atoms with Crippen LogP contribution >= 0.6 is 0 Å². The van der Waals surface area contributed by atoms with Gasteiger partial charge in [-0.2, -0.15) is 13.5 Å². The average molecular weight is 472 g/mol. The van der Waals surface area contributed by atoms with Gasteiger partial charge in [0.05, 0.1) is 12.2 Å². The van der Waals surface area contributed by atoms with Crippen LogP contribution in [0.3, 0.4) is 0 Å². The zero-order valence-corrected chi connectivity index (χ0v) is 21.0. The topological polar surface area (TPSA) is 120 Å². The predicted molar refractivity (Wildman–Crippen MR) is 131 cm³/mol. The van der Waals surface area contributed by atoms with E-state index in [9.17, 15) is 13.2 Å². The molecule has 8 nitrogen and oxygen atoms in total. The third-order valence-electron chi connectivity index (χ3n) is 5.51. The van der Waals surface area contributed by atoms with Crippen molar-refractivity contribution < 1.29 is 14.6 Å². The maximum Gasteiger partial charge on any atom is 0.283 e. The zero-order valence-electron chi connectivity index (χ0n) is 20.1. The van der Waals surface area contributed by atoms with Crippen LogP contribution in [0.1, 0.15) is 66.2 Å². The van der Waals surface area contributed by atoms with E-state index in [0.717, 1.165) is 27.9 Å². The van der Waals surface area contributed by atoms with E-state index in [1.807, 2.05) is 41.5 Å². The fourth-order valence-corrected chi connectivity index (χ4v) is 5.01. The van der Waals surface area contributed by atoms with Crippen molar-refractivity contribution in [3.05, 3.63) is 69.5 Å². The molecule has 0 unspecified atom stereocenters. The summed E-state index contributed by atoms with van der Waals surface area (Å²) in [5, 5.41) is 4.43. The number of nitrogen functional groups attached to an aromatic ring is 1. The molecule has 0 bridgehead atoms. The molecule has 0 aliphatic rings. The lowest BCUT2D eigenvalue weighted by Crippen LogP contribution is -2.33. The second-order valence-electron chi connectivity index (χ2n) is 9.44. The van der Waals surface area contributed by atoms with Crippen LogP contribution in [0.25, 0.3) is 0 Å². The minimum atomic E-state index is -4.22. The SMILES string of the molecule is Cc1cc(C)c(Cn2nc(C(C)(C)C)c(C)c2C(=O)NS(=O)(=O)c2cccc(N)n2)c(C)c1.[HH]. The van der Waals surface area contributed by atoms with Crippen LogP contribution < -0.4 is 10.5 Å². The quantitative estimate of drug-likeness (QED) is 0.584. The number of aromatic nitrogens is 3. The monoisotopic (exact) mass is 471 g/mol. The summed E-state index contributed by atoms with van der Waals surface area (Å²) in [7, 11) is -4.22. The first-order valence-electron chi connectivity index (χ1n) is 10.6. The van der Waals surface area contributed by atoms with Gasteiger partial charge in [-0.1, -0.05) is 44.5 Å². The van der Waals surface area contributed by atoms with Gasteiger partial charge in [0.2, 0.25) is 0 Å². The molecule has 0 aliphatic carbocycles. The third-order valence-corrected chi connectivity index (χ3v) is 6.74. The molecule has 0 spiro atoms. The van der Waals surface area contributed by atoms with E-state index in [4.69, 9.17) is 10.8 Å². The van der Waals surface area contributed by atoms with Gasteiger partial charge < -0.3 is 5.73 Å². The number of hydrogen-bond donors (Lipinski definition) is 2. The number of carbonyl (C=O) groups excluding carboxylic acids is 1. The molecule has 1 aromatic carbocycles. The number of nitrogens with one attached hydrogen (secondary N) is 1. The summed E-state index contributed by atoms with van der Waals surface area (Å²) in [5.74, 6) is -0.714. The largest absolute Gasteiger partial charge is 0.384 e. The van der Waals surface area contributed by atoms with Crippen molar-refractivity contribution in [2.24, 2.45) is 0 Å². The Bertz CT molecular complexity index is 1320. The standard InChI is InChI=1S/C24H31N5O3S.H2/c1-14-11-15(2)18(16(3)12-14)13-29-21(17(4)22(27-29)24(5,6)7)23(30)28-33(31,32)20-10-8-9-19(25)26-20;/h8-12H,13H2,1-7H3,(H2,25,26)(H,28,30);1H. The number of pyridine rings is 1. The molecule has 0 aliphatic heterocycles. The average Bonchev–Trinajstić information content (AvgIpc) is 3.00. The van der Waals surface area contributed by atoms with Crippen molar-refractivity contribution in [2.45, 2.75) is 65.5 Å². The summed E-state index contributed by atoms with van der Waals surface area (Å²) in [6.45, 7) is 14.2. The molecular formula is C24H33N5O3S. The van der Waals surface area contributed by atoms with Crippen molar-refractivity contribution in [2.75, 3.05) is 5.73 Å². The second kappa shape index (κ2) is 8.62. The zero-order chi connectivity index (χ0) is 24.7. The molecule has 1 amide bonds. The molecule has 3 N–H and O–H groups in total. The van der Waals surface area contributed by atoms with E-state index in [0.29, 0.717) is 12.1 Å². The van der Waals surface area contributed by atoms with Gasteiger partial charge >= 0.3 is 0 Å². The van der Waals surface area contributed by atoms with Crippen molar-refractivity contribution in [1.29, 1.82) is 0 Å². The predicted octanol–water partition coefficient (Wildman–Crippen LogP) is 3.80. The smallest absolute Gasteiger partial charge is 0.283 e. The Morgan fingerprint density at radius 3 is 2.27 bits per heavy atom. The molecule has 3 rings (SSSR count). The van der Waals surface area contributed by atoms with E-state index in [-0.39, 0.29) is 23.4 Å². The summed E-state index contributed by atoms with van der Waals surface area (Å²) in [6.07, 6.45) is 0. The normalized spacial score (nSPS) is 12.1. The maximum atomic E-state index is 13.3. The molecular weight excluding hydrogens is 438 g/mol. The van der Waals surface area contributed by atoms with Gasteiger partial charge in [0.1, 0.15) is 11.5 Å². The number of aryl methyl sites for hydroxylation is 3. The number of amides is 1. The minimum absolute atomic E-state index is 0. The summed E-state index contributed by atoms with van der Waals surface area (Å²) in [5.41, 5.74) is 11.2. The summed E-state index contributed by atoms with van der Waals surface area (Å²) < 4.78 is 29.4. The highest BCUT2D eigenvalue weighted by Crippen LogP contribution is 2.28. The fraction of sp³-hybridized carbons (Fsp3) is 0.375. The van der Waals surface area contributed by atoms with Crippen LogP contribution in [0.15, 0.2) is 35.4 Å². The lowest BCUT2D eigenvalue weighted by atomic mass is 9.89. The van der Waals surface area contributed by atoms with Gasteiger partial charge in [-0.15, -0.1) is 0 Å². The molecule has 3 aromatic rings. The molecule has 2 aromatic heterocycles. The molecule has 178 valence electrons. The van der Waals surface area contributed by atoms with Crippen LogP contribution in [0.5, 0.6) is 0 Å². The van der Waals surface area contributed by atoms with E-state index in [1.54, 1.807) is 11.6 Å². The van der Waals surface area contributed by atoms with Crippen LogP contribution in [-0.2, 0) is 22.0 Å². The van der Waals surface area contributed by atoms with Gasteiger partial charge in [-0.3, -0.25) is 9.48 Å². The van der Waals surface area contributed by atoms with E-state index >= 15 is 0 Å². The fourth-order valence-electron chi connectivity index (χ4n) is 4.08. The van der Waals surface area contributed by atoms with Gasteiger partial charge in [0.15, 0.2) is 5.03 Å². The minimum Gasteiger partial charge on any atom is -0.384 e. The Hall–Kier alpha value is -3.20. The first-order valence-corrected chi connectivity index (χ1v) is 12.1. The Labute approximate surface area is 196 Å². The Balaban J connectivity index is 0.00000408. The number of anilines is 1. The van der Waals surface area contributed by atoms with Gasteiger partial charge in [0, 0.05) is 12.4 Å². The number of rotatable bonds is 5. The van der Waals surface area contributed by atoms with Crippen LogP contribution in [0.2, 0.25) is 0 Å². The highest BCUT2D eigenvalue weighted by atomic mass is 32.2. The molecule has 0 atom stereocenters. The summed E-state index contributed by atoms with van der Waals surface area (Å²) in [6, 6.07) is 8.40. The van der Waals surface area contributed by atoms with Crippen LogP contribution in [0, 0.1) is 27.7 Å². The van der Waals surface area contributed by atoms with Crippen LogP contribution in [0.4, 0.5) is 5.82 Å². The Kier molecular flexibility index (Phi) is 6.39. The number of sulfonamides is 1. The number of nitrogens with two attached hydrogens (primary N) is 1. The maximum absolute atomic E-state index is 13.3. The highest BCUT2D eigenvalue weighted by Gasteiger charge is 2.30. The van der Waals surface area contributed by atoms with Gasteiger partial charge in [-0.25, -0.2) is 9.71 Å². The summed E-state index contributed by atoms with van der Waals surface area (Å²) >= 11 is 0. The number of carbonyl (C=O) groups is 1. The van der Waals surface area contributed by atoms with E-state index < -0.39 is 15.9 Å². The van der Waals surface area contributed by atoms with Crippen molar-refractivity contribution in [1.82, 2.24) is 19.5 Å². The van der Waals surface area contributed by atoms with E-state index in [2.05, 4.69) is 21.8 Å². The molecule has 9 heteroatoms. The van der Waals surface area contributed by atoms with Gasteiger partial charge in [-0.05, 0) is 56.5 Å². The van der Waals surface area contributed by atoms with Crippen molar-refractivity contribution in [3.63, 3.8) is 0 Å². The Morgan fingerprint density at radius 1 is 1.12 bits per heavy atom. The van der Waals surface area contributed by atoms with Gasteiger partial charge in [0.25, 0.3) is 15.9 Å². The molecule has 33 heavy (non-hydrogen) atoms. The first kappa shape index (κ1) is 24.4. The van der Waals surface area contributed by atoms with Crippen molar-refractivity contribution in [3.8, 4) is 0 Å².